The molecule has 98 valence electrons. The molecule has 2 rings (SSSR count). The number of carbonyl (C=O) groups excluding carboxylic acids is 1. The predicted octanol–water partition coefficient (Wildman–Crippen LogP) is 1.21. The van der Waals surface area contributed by atoms with Gasteiger partial charge in [0.25, 0.3) is 0 Å². The van der Waals surface area contributed by atoms with E-state index in [0.29, 0.717) is 30.2 Å². The van der Waals surface area contributed by atoms with E-state index in [0.717, 1.165) is 11.3 Å². The van der Waals surface area contributed by atoms with Crippen molar-refractivity contribution in [1.82, 2.24) is 4.72 Å². The fourth-order valence-electron chi connectivity index (χ4n) is 1.85. The molecule has 0 bridgehead atoms. The van der Waals surface area contributed by atoms with Gasteiger partial charge in [-0.2, -0.15) is 0 Å². The van der Waals surface area contributed by atoms with Crippen LogP contribution in [0.4, 0.5) is 5.69 Å². The molecule has 0 spiro atoms. The minimum absolute atomic E-state index is 0.0427. The highest BCUT2D eigenvalue weighted by molar-refractivity contribution is 7.83. The van der Waals surface area contributed by atoms with E-state index in [-0.39, 0.29) is 5.91 Å². The minimum atomic E-state index is -1.31. The first-order valence-electron chi connectivity index (χ1n) is 5.90. The quantitative estimate of drug-likeness (QED) is 0.843. The summed E-state index contributed by atoms with van der Waals surface area (Å²) in [5.74, 6) is 0.511. The van der Waals surface area contributed by atoms with Crippen molar-refractivity contribution >= 4 is 22.6 Å². The fraction of sp³-hybridized carbons (Fsp3) is 0.417. The van der Waals surface area contributed by atoms with Crippen molar-refractivity contribution < 1.29 is 13.7 Å². The molecule has 1 atom stereocenters. The molecular formula is C12H16N2O3S. The van der Waals surface area contributed by atoms with Crippen molar-refractivity contribution in [2.24, 2.45) is 0 Å². The maximum Gasteiger partial charge on any atom is 0.228 e. The smallest absolute Gasteiger partial charge is 0.228 e. The van der Waals surface area contributed by atoms with Crippen LogP contribution in [0.1, 0.15) is 19.4 Å². The SMILES string of the molecule is CCNS(=O)c1cc2c(cc1OCC)NC(=O)C2. The number of amides is 1. The molecule has 1 aromatic rings. The van der Waals surface area contributed by atoms with Crippen LogP contribution in [0.25, 0.3) is 0 Å². The van der Waals surface area contributed by atoms with E-state index in [4.69, 9.17) is 4.74 Å². The van der Waals surface area contributed by atoms with Crippen molar-refractivity contribution in [3.63, 3.8) is 0 Å². The lowest BCUT2D eigenvalue weighted by atomic mass is 10.1. The summed E-state index contributed by atoms with van der Waals surface area (Å²) in [4.78, 5) is 11.9. The molecule has 2 N–H and O–H groups in total. The zero-order valence-electron chi connectivity index (χ0n) is 10.4. The maximum absolute atomic E-state index is 12.0. The number of nitrogens with one attached hydrogen (secondary N) is 2. The molecule has 1 heterocycles. The van der Waals surface area contributed by atoms with Gasteiger partial charge in [0.2, 0.25) is 5.91 Å². The first kappa shape index (κ1) is 13.0. The Labute approximate surface area is 108 Å². The molecule has 0 aliphatic carbocycles. The van der Waals surface area contributed by atoms with Crippen LogP contribution in [0.5, 0.6) is 5.75 Å². The first-order valence-corrected chi connectivity index (χ1v) is 7.05. The minimum Gasteiger partial charge on any atom is -0.492 e. The summed E-state index contributed by atoms with van der Waals surface area (Å²) in [5.41, 5.74) is 1.62. The van der Waals surface area contributed by atoms with Crippen molar-refractivity contribution in [3.05, 3.63) is 17.7 Å². The number of carbonyl (C=O) groups is 1. The maximum atomic E-state index is 12.0. The van der Waals surface area contributed by atoms with Gasteiger partial charge in [-0.1, -0.05) is 6.92 Å². The summed E-state index contributed by atoms with van der Waals surface area (Å²) >= 11 is 0. The average molecular weight is 268 g/mol. The molecule has 0 radical (unpaired) electrons. The Balaban J connectivity index is 2.40. The van der Waals surface area contributed by atoms with E-state index >= 15 is 0 Å². The van der Waals surface area contributed by atoms with Crippen molar-refractivity contribution in [1.29, 1.82) is 0 Å². The highest BCUT2D eigenvalue weighted by Crippen LogP contribution is 2.33. The Morgan fingerprint density at radius 2 is 2.22 bits per heavy atom. The van der Waals surface area contributed by atoms with Gasteiger partial charge in [-0.05, 0) is 18.6 Å². The van der Waals surface area contributed by atoms with Gasteiger partial charge in [0.05, 0.1) is 17.9 Å². The van der Waals surface area contributed by atoms with E-state index in [1.165, 1.54) is 0 Å². The molecule has 1 aromatic carbocycles. The van der Waals surface area contributed by atoms with Gasteiger partial charge in [-0.15, -0.1) is 0 Å². The Morgan fingerprint density at radius 3 is 2.89 bits per heavy atom. The van der Waals surface area contributed by atoms with E-state index in [1.807, 2.05) is 13.8 Å². The van der Waals surface area contributed by atoms with Crippen LogP contribution >= 0.6 is 0 Å². The summed E-state index contributed by atoms with van der Waals surface area (Å²) in [7, 11) is -1.31. The van der Waals surface area contributed by atoms with Crippen LogP contribution in [-0.2, 0) is 22.2 Å². The standard InChI is InChI=1S/C12H16N2O3S/c1-3-13-18(16)11-5-8-6-12(15)14-9(8)7-10(11)17-4-2/h5,7,13H,3-4,6H2,1-2H3,(H,14,15). The van der Waals surface area contributed by atoms with Gasteiger partial charge in [0.15, 0.2) is 0 Å². The van der Waals surface area contributed by atoms with Gasteiger partial charge < -0.3 is 10.1 Å². The molecule has 1 amide bonds. The highest BCUT2D eigenvalue weighted by Gasteiger charge is 2.22. The monoisotopic (exact) mass is 268 g/mol. The van der Waals surface area contributed by atoms with E-state index < -0.39 is 11.0 Å². The van der Waals surface area contributed by atoms with Gasteiger partial charge in [-0.25, -0.2) is 8.93 Å². The fourth-order valence-corrected chi connectivity index (χ4v) is 2.82. The van der Waals surface area contributed by atoms with Crippen LogP contribution in [0, 0.1) is 0 Å². The van der Waals surface area contributed by atoms with E-state index in [2.05, 4.69) is 10.0 Å². The van der Waals surface area contributed by atoms with E-state index in [9.17, 15) is 9.00 Å². The Morgan fingerprint density at radius 1 is 1.44 bits per heavy atom. The molecule has 1 unspecified atom stereocenters. The van der Waals surface area contributed by atoms with Gasteiger partial charge in [-0.3, -0.25) is 4.79 Å². The zero-order chi connectivity index (χ0) is 13.1. The lowest BCUT2D eigenvalue weighted by Gasteiger charge is -2.12. The summed E-state index contributed by atoms with van der Waals surface area (Å²) in [6, 6.07) is 3.52. The second-order valence-electron chi connectivity index (χ2n) is 3.88. The number of rotatable bonds is 5. The highest BCUT2D eigenvalue weighted by atomic mass is 32.2. The Kier molecular flexibility index (Phi) is 3.98. The third-order valence-electron chi connectivity index (χ3n) is 2.57. The molecule has 0 saturated carbocycles. The summed E-state index contributed by atoms with van der Waals surface area (Å²) in [6.07, 6.45) is 0.331. The van der Waals surface area contributed by atoms with Gasteiger partial charge in [0.1, 0.15) is 16.7 Å². The summed E-state index contributed by atoms with van der Waals surface area (Å²) < 4.78 is 20.4. The second-order valence-corrected chi connectivity index (χ2v) is 5.15. The average Bonchev–Trinajstić information content (AvgIpc) is 2.68. The number of hydrogen-bond acceptors (Lipinski definition) is 3. The molecule has 6 heteroatoms. The molecular weight excluding hydrogens is 252 g/mol. The molecule has 1 aliphatic heterocycles. The van der Waals surface area contributed by atoms with Crippen LogP contribution in [-0.4, -0.2) is 23.3 Å². The number of fused-ring (bicyclic) bond motifs is 1. The zero-order valence-corrected chi connectivity index (χ0v) is 11.2. The van der Waals surface area contributed by atoms with Crippen molar-refractivity contribution in [3.8, 4) is 5.75 Å². The van der Waals surface area contributed by atoms with Crippen molar-refractivity contribution in [2.75, 3.05) is 18.5 Å². The third-order valence-corrected chi connectivity index (χ3v) is 3.84. The lowest BCUT2D eigenvalue weighted by molar-refractivity contribution is -0.115. The Bertz CT molecular complexity index is 502. The molecule has 1 aliphatic rings. The van der Waals surface area contributed by atoms with Crippen LogP contribution in [0.3, 0.4) is 0 Å². The number of ether oxygens (including phenoxy) is 1. The first-order chi connectivity index (χ1) is 8.65. The van der Waals surface area contributed by atoms with E-state index in [1.54, 1.807) is 12.1 Å². The Hall–Kier alpha value is -1.40. The second kappa shape index (κ2) is 5.49. The van der Waals surface area contributed by atoms with Crippen LogP contribution in [0.15, 0.2) is 17.0 Å². The molecule has 18 heavy (non-hydrogen) atoms. The van der Waals surface area contributed by atoms with Crippen LogP contribution in [0.2, 0.25) is 0 Å². The summed E-state index contributed by atoms with van der Waals surface area (Å²) in [6.45, 7) is 4.85. The topological polar surface area (TPSA) is 67.4 Å². The molecule has 0 saturated heterocycles. The number of anilines is 1. The lowest BCUT2D eigenvalue weighted by Crippen LogP contribution is -2.17. The van der Waals surface area contributed by atoms with Crippen LogP contribution < -0.4 is 14.8 Å². The number of benzene rings is 1. The third kappa shape index (κ3) is 2.54. The molecule has 5 nitrogen and oxygen atoms in total. The summed E-state index contributed by atoms with van der Waals surface area (Å²) in [5, 5.41) is 2.76. The predicted molar refractivity (Wildman–Crippen MR) is 70.0 cm³/mol. The molecule has 0 aromatic heterocycles. The van der Waals surface area contributed by atoms with Crippen molar-refractivity contribution in [2.45, 2.75) is 25.2 Å². The number of hydrogen-bond donors (Lipinski definition) is 2. The van der Waals surface area contributed by atoms with Gasteiger partial charge >= 0.3 is 0 Å². The molecule has 0 fully saturated rings. The normalized spacial score (nSPS) is 15.1. The van der Waals surface area contributed by atoms with Gasteiger partial charge in [0, 0.05) is 18.3 Å². The largest absolute Gasteiger partial charge is 0.492 e.